The van der Waals surface area contributed by atoms with E-state index in [1.165, 1.54) is 22.2 Å². The zero-order valence-electron chi connectivity index (χ0n) is 11.5. The van der Waals surface area contributed by atoms with Crippen molar-refractivity contribution in [3.8, 4) is 0 Å². The summed E-state index contributed by atoms with van der Waals surface area (Å²) >= 11 is 6.15. The number of nitrogen functional groups attached to an aromatic ring is 1. The minimum Gasteiger partial charge on any atom is -0.399 e. The zero-order valence-corrected chi connectivity index (χ0v) is 12.2. The summed E-state index contributed by atoms with van der Waals surface area (Å²) in [7, 11) is 0. The van der Waals surface area contributed by atoms with Crippen LogP contribution in [0.25, 0.3) is 10.9 Å². The van der Waals surface area contributed by atoms with Gasteiger partial charge in [0.05, 0.1) is 6.04 Å². The summed E-state index contributed by atoms with van der Waals surface area (Å²) in [6, 6.07) is 14.3. The van der Waals surface area contributed by atoms with Crippen LogP contribution in [0.4, 0.5) is 5.69 Å². The smallest absolute Gasteiger partial charge is 0.0732 e. The standard InChI is InChI=1S/C17H16ClN3/c18-11-3-6-15-14(9-11)13-7-8-20-16(17(13)21-15)10-1-4-12(19)5-2-10/h1-6,9,16,20-21H,7-8,19H2. The molecule has 0 radical (unpaired) electrons. The van der Waals surface area contributed by atoms with E-state index in [2.05, 4.69) is 34.6 Å². The van der Waals surface area contributed by atoms with Crippen LogP contribution in [0.2, 0.25) is 5.02 Å². The number of benzene rings is 2. The lowest BCUT2D eigenvalue weighted by molar-refractivity contribution is 0.560. The van der Waals surface area contributed by atoms with Gasteiger partial charge in [0.25, 0.3) is 0 Å². The molecule has 1 aliphatic rings. The van der Waals surface area contributed by atoms with Gasteiger partial charge >= 0.3 is 0 Å². The summed E-state index contributed by atoms with van der Waals surface area (Å²) in [5, 5.41) is 5.60. The van der Waals surface area contributed by atoms with Crippen LogP contribution in [-0.2, 0) is 6.42 Å². The van der Waals surface area contributed by atoms with Crippen LogP contribution < -0.4 is 11.1 Å². The summed E-state index contributed by atoms with van der Waals surface area (Å²) < 4.78 is 0. The number of anilines is 1. The molecule has 0 saturated heterocycles. The first-order valence-corrected chi connectivity index (χ1v) is 7.49. The second kappa shape index (κ2) is 4.79. The van der Waals surface area contributed by atoms with Gasteiger partial charge in [-0.3, -0.25) is 0 Å². The number of nitrogens with two attached hydrogens (primary N) is 1. The molecular weight excluding hydrogens is 282 g/mol. The first-order chi connectivity index (χ1) is 10.2. The van der Waals surface area contributed by atoms with Gasteiger partial charge in [-0.2, -0.15) is 0 Å². The minimum absolute atomic E-state index is 0.181. The van der Waals surface area contributed by atoms with Crippen LogP contribution in [0, 0.1) is 0 Å². The third-order valence-corrected chi connectivity index (χ3v) is 4.42. The number of hydrogen-bond donors (Lipinski definition) is 3. The number of H-pyrrole nitrogens is 1. The van der Waals surface area contributed by atoms with E-state index in [1.54, 1.807) is 0 Å². The van der Waals surface area contributed by atoms with Gasteiger partial charge in [0.2, 0.25) is 0 Å². The second-order valence-electron chi connectivity index (χ2n) is 5.51. The summed E-state index contributed by atoms with van der Waals surface area (Å²) in [6.45, 7) is 0.960. The van der Waals surface area contributed by atoms with Gasteiger partial charge in [0.1, 0.15) is 0 Å². The van der Waals surface area contributed by atoms with E-state index >= 15 is 0 Å². The lowest BCUT2D eigenvalue weighted by Crippen LogP contribution is -2.30. The SMILES string of the molecule is Nc1ccc(C2NCCc3c2[nH]c2ccc(Cl)cc32)cc1. The number of aromatic amines is 1. The molecule has 1 atom stereocenters. The van der Waals surface area contributed by atoms with Crippen molar-refractivity contribution < 1.29 is 0 Å². The Kier molecular flexibility index (Phi) is 2.91. The Morgan fingerprint density at radius 1 is 1.10 bits per heavy atom. The largest absolute Gasteiger partial charge is 0.399 e. The van der Waals surface area contributed by atoms with Crippen LogP contribution in [0.3, 0.4) is 0 Å². The molecule has 0 saturated carbocycles. The van der Waals surface area contributed by atoms with Crippen LogP contribution in [-0.4, -0.2) is 11.5 Å². The predicted octanol–water partition coefficient (Wildman–Crippen LogP) is 3.64. The first-order valence-electron chi connectivity index (χ1n) is 7.11. The Morgan fingerprint density at radius 2 is 1.90 bits per heavy atom. The maximum Gasteiger partial charge on any atom is 0.0732 e. The van der Waals surface area contributed by atoms with E-state index in [4.69, 9.17) is 17.3 Å². The van der Waals surface area contributed by atoms with Gasteiger partial charge < -0.3 is 16.0 Å². The molecule has 2 aromatic carbocycles. The van der Waals surface area contributed by atoms with E-state index in [9.17, 15) is 0 Å². The van der Waals surface area contributed by atoms with Crippen LogP contribution in [0.5, 0.6) is 0 Å². The fraction of sp³-hybridized carbons (Fsp3) is 0.176. The monoisotopic (exact) mass is 297 g/mol. The Morgan fingerprint density at radius 3 is 2.71 bits per heavy atom. The fourth-order valence-electron chi connectivity index (χ4n) is 3.17. The Balaban J connectivity index is 1.88. The third kappa shape index (κ3) is 2.09. The highest BCUT2D eigenvalue weighted by Gasteiger charge is 2.25. The summed E-state index contributed by atoms with van der Waals surface area (Å²) in [6.07, 6.45) is 1.02. The molecule has 21 heavy (non-hydrogen) atoms. The summed E-state index contributed by atoms with van der Waals surface area (Å²) in [5.74, 6) is 0. The van der Waals surface area contributed by atoms with Gasteiger partial charge in [-0.1, -0.05) is 23.7 Å². The molecule has 1 aromatic heterocycles. The van der Waals surface area contributed by atoms with E-state index in [0.717, 1.165) is 29.2 Å². The Bertz CT molecular complexity index is 805. The van der Waals surface area contributed by atoms with Crippen molar-refractivity contribution in [3.63, 3.8) is 0 Å². The Labute approximate surface area is 128 Å². The van der Waals surface area contributed by atoms with E-state index in [0.29, 0.717) is 0 Å². The lowest BCUT2D eigenvalue weighted by Gasteiger charge is -2.25. The highest BCUT2D eigenvalue weighted by molar-refractivity contribution is 6.31. The molecule has 2 heterocycles. The minimum atomic E-state index is 0.181. The molecule has 1 aliphatic heterocycles. The third-order valence-electron chi connectivity index (χ3n) is 4.18. The number of aromatic nitrogens is 1. The van der Waals surface area contributed by atoms with Crippen molar-refractivity contribution in [2.45, 2.75) is 12.5 Å². The highest BCUT2D eigenvalue weighted by Crippen LogP contribution is 2.34. The van der Waals surface area contributed by atoms with Crippen molar-refractivity contribution in [3.05, 3.63) is 64.3 Å². The molecule has 4 heteroatoms. The van der Waals surface area contributed by atoms with Gasteiger partial charge in [-0.15, -0.1) is 0 Å². The van der Waals surface area contributed by atoms with Gasteiger partial charge in [0.15, 0.2) is 0 Å². The zero-order chi connectivity index (χ0) is 14.4. The van der Waals surface area contributed by atoms with Crippen LogP contribution >= 0.6 is 11.6 Å². The van der Waals surface area contributed by atoms with Crippen molar-refractivity contribution in [2.24, 2.45) is 0 Å². The molecule has 4 N–H and O–H groups in total. The molecule has 0 amide bonds. The summed E-state index contributed by atoms with van der Waals surface area (Å²) in [5.41, 5.74) is 11.6. The number of halogens is 1. The molecule has 4 rings (SSSR count). The van der Waals surface area contributed by atoms with Crippen molar-refractivity contribution in [1.82, 2.24) is 10.3 Å². The number of fused-ring (bicyclic) bond motifs is 3. The van der Waals surface area contributed by atoms with E-state index < -0.39 is 0 Å². The first kappa shape index (κ1) is 12.7. The van der Waals surface area contributed by atoms with Crippen molar-refractivity contribution in [2.75, 3.05) is 12.3 Å². The number of rotatable bonds is 1. The topological polar surface area (TPSA) is 53.8 Å². The summed E-state index contributed by atoms with van der Waals surface area (Å²) in [4.78, 5) is 3.55. The van der Waals surface area contributed by atoms with Gasteiger partial charge in [-0.25, -0.2) is 0 Å². The van der Waals surface area contributed by atoms with Crippen molar-refractivity contribution >= 4 is 28.2 Å². The predicted molar refractivity (Wildman–Crippen MR) is 87.7 cm³/mol. The molecule has 1 unspecified atom stereocenters. The number of hydrogen-bond acceptors (Lipinski definition) is 2. The highest BCUT2D eigenvalue weighted by atomic mass is 35.5. The number of nitrogens with one attached hydrogen (secondary N) is 2. The molecular formula is C17H16ClN3. The molecule has 0 fully saturated rings. The average Bonchev–Trinajstić information content (AvgIpc) is 2.86. The average molecular weight is 298 g/mol. The lowest BCUT2D eigenvalue weighted by atomic mass is 9.94. The van der Waals surface area contributed by atoms with Crippen LogP contribution in [0.15, 0.2) is 42.5 Å². The molecule has 0 spiro atoms. The van der Waals surface area contributed by atoms with E-state index in [1.807, 2.05) is 18.2 Å². The maximum atomic E-state index is 6.15. The van der Waals surface area contributed by atoms with Gasteiger partial charge in [-0.05, 0) is 47.9 Å². The second-order valence-corrected chi connectivity index (χ2v) is 5.95. The molecule has 3 aromatic rings. The molecule has 0 bridgehead atoms. The van der Waals surface area contributed by atoms with E-state index in [-0.39, 0.29) is 6.04 Å². The Hall–Kier alpha value is -1.97. The molecule has 106 valence electrons. The molecule has 3 nitrogen and oxygen atoms in total. The maximum absolute atomic E-state index is 6.15. The van der Waals surface area contributed by atoms with Crippen LogP contribution in [0.1, 0.15) is 22.9 Å². The van der Waals surface area contributed by atoms with Crippen molar-refractivity contribution in [1.29, 1.82) is 0 Å². The normalized spacial score (nSPS) is 17.9. The molecule has 0 aliphatic carbocycles. The van der Waals surface area contributed by atoms with Gasteiger partial charge in [0, 0.05) is 33.9 Å². The quantitative estimate of drug-likeness (QED) is 0.601. The fourth-order valence-corrected chi connectivity index (χ4v) is 3.35.